The van der Waals surface area contributed by atoms with E-state index >= 15 is 0 Å². The smallest absolute Gasteiger partial charge is 0.221 e. The average Bonchev–Trinajstić information content (AvgIpc) is 2.60. The number of carbonyl (C=O) groups is 1. The number of ether oxygens (including phenoxy) is 1. The second kappa shape index (κ2) is 13.9. The molecule has 0 aliphatic carbocycles. The van der Waals surface area contributed by atoms with E-state index in [1.54, 1.807) is 19.2 Å². The molecule has 0 fully saturated rings. The van der Waals surface area contributed by atoms with E-state index in [9.17, 15) is 4.79 Å². The lowest BCUT2D eigenvalue weighted by molar-refractivity contribution is -0.121. The second-order valence-electron chi connectivity index (χ2n) is 5.82. The normalized spacial score (nSPS) is 12.0. The van der Waals surface area contributed by atoms with Gasteiger partial charge in [-0.2, -0.15) is 0 Å². The van der Waals surface area contributed by atoms with Crippen LogP contribution in [0.3, 0.4) is 0 Å². The van der Waals surface area contributed by atoms with Crippen LogP contribution in [0, 0.1) is 0 Å². The Hall–Kier alpha value is -1.22. The van der Waals surface area contributed by atoms with Crippen molar-refractivity contribution in [1.82, 2.24) is 15.5 Å². The summed E-state index contributed by atoms with van der Waals surface area (Å²) in [6, 6.07) is 7.48. The molecule has 26 heavy (non-hydrogen) atoms. The Labute approximate surface area is 178 Å². The summed E-state index contributed by atoms with van der Waals surface area (Å²) >= 11 is 5.85. The molecule has 1 rings (SSSR count). The minimum Gasteiger partial charge on any atom is -0.492 e. The molecule has 0 heterocycles. The van der Waals surface area contributed by atoms with E-state index in [4.69, 9.17) is 16.3 Å². The van der Waals surface area contributed by atoms with Gasteiger partial charge in [0, 0.05) is 38.1 Å². The van der Waals surface area contributed by atoms with Crippen molar-refractivity contribution in [3.63, 3.8) is 0 Å². The molecular formula is C18H30ClIN4O2. The summed E-state index contributed by atoms with van der Waals surface area (Å²) in [7, 11) is 3.65. The summed E-state index contributed by atoms with van der Waals surface area (Å²) in [6.07, 6.45) is 1.34. The number of halogens is 2. The number of hydrogen-bond donors (Lipinski definition) is 2. The van der Waals surface area contributed by atoms with Gasteiger partial charge in [0.05, 0.1) is 6.54 Å². The largest absolute Gasteiger partial charge is 0.492 e. The van der Waals surface area contributed by atoms with E-state index in [0.717, 1.165) is 18.1 Å². The first-order valence-electron chi connectivity index (χ1n) is 8.55. The molecule has 6 nitrogen and oxygen atoms in total. The van der Waals surface area contributed by atoms with Gasteiger partial charge in [-0.1, -0.05) is 18.5 Å². The highest BCUT2D eigenvalue weighted by atomic mass is 127. The standard InChI is InChI=1S/C18H29ClN4O2.HI/c1-5-14(2)22-17(24)10-11-21-18(20-3)23(4)12-13-25-16-8-6-15(19)7-9-16;/h6-9,14H,5,10-13H2,1-4H3,(H,20,21)(H,22,24);1H. The molecular weight excluding hydrogens is 467 g/mol. The van der Waals surface area contributed by atoms with Crippen molar-refractivity contribution in [3.05, 3.63) is 29.3 Å². The van der Waals surface area contributed by atoms with Crippen molar-refractivity contribution in [2.45, 2.75) is 32.7 Å². The number of guanidine groups is 1. The summed E-state index contributed by atoms with van der Waals surface area (Å²) in [5.41, 5.74) is 0. The van der Waals surface area contributed by atoms with Crippen molar-refractivity contribution < 1.29 is 9.53 Å². The van der Waals surface area contributed by atoms with Crippen LogP contribution < -0.4 is 15.4 Å². The predicted octanol–water partition coefficient (Wildman–Crippen LogP) is 3.15. The third-order valence-electron chi connectivity index (χ3n) is 3.74. The van der Waals surface area contributed by atoms with Crippen LogP contribution in [0.2, 0.25) is 5.02 Å². The van der Waals surface area contributed by atoms with E-state index in [1.807, 2.05) is 37.9 Å². The molecule has 148 valence electrons. The summed E-state index contributed by atoms with van der Waals surface area (Å²) < 4.78 is 5.68. The first kappa shape index (κ1) is 24.8. The lowest BCUT2D eigenvalue weighted by Crippen LogP contribution is -2.42. The molecule has 1 amide bonds. The summed E-state index contributed by atoms with van der Waals surface area (Å²) in [6.45, 7) is 5.77. The lowest BCUT2D eigenvalue weighted by Gasteiger charge is -2.22. The van der Waals surface area contributed by atoms with Gasteiger partial charge in [-0.05, 0) is 37.6 Å². The first-order chi connectivity index (χ1) is 12.0. The first-order valence-corrected chi connectivity index (χ1v) is 8.93. The number of likely N-dealkylation sites (N-methyl/N-ethyl adjacent to an activating group) is 1. The van der Waals surface area contributed by atoms with Gasteiger partial charge in [0.25, 0.3) is 0 Å². The van der Waals surface area contributed by atoms with Crippen molar-refractivity contribution >= 4 is 47.4 Å². The molecule has 0 aliphatic rings. The van der Waals surface area contributed by atoms with Gasteiger partial charge in [-0.3, -0.25) is 9.79 Å². The van der Waals surface area contributed by atoms with Gasteiger partial charge in [-0.25, -0.2) is 0 Å². The SMILES string of the molecule is CCC(C)NC(=O)CCNC(=NC)N(C)CCOc1ccc(Cl)cc1.I. The number of hydrogen-bond acceptors (Lipinski definition) is 3. The van der Waals surface area contributed by atoms with Gasteiger partial charge >= 0.3 is 0 Å². The minimum atomic E-state index is 0. The Bertz CT molecular complexity index is 555. The van der Waals surface area contributed by atoms with Crippen LogP contribution in [0.4, 0.5) is 0 Å². The van der Waals surface area contributed by atoms with E-state index in [1.165, 1.54) is 0 Å². The number of benzene rings is 1. The maximum absolute atomic E-state index is 11.8. The number of nitrogens with zero attached hydrogens (tertiary/aromatic N) is 2. The molecule has 0 aliphatic heterocycles. The molecule has 0 saturated heterocycles. The Kier molecular flexibility index (Phi) is 13.3. The molecule has 1 aromatic rings. The number of rotatable bonds is 9. The zero-order valence-electron chi connectivity index (χ0n) is 15.9. The van der Waals surface area contributed by atoms with Crippen LogP contribution in [0.25, 0.3) is 0 Å². The topological polar surface area (TPSA) is 66.0 Å². The Morgan fingerprint density at radius 2 is 2.00 bits per heavy atom. The highest BCUT2D eigenvalue weighted by Gasteiger charge is 2.08. The Balaban J connectivity index is 0.00000625. The van der Waals surface area contributed by atoms with Crippen molar-refractivity contribution in [3.8, 4) is 5.75 Å². The number of carbonyl (C=O) groups excluding carboxylic acids is 1. The van der Waals surface area contributed by atoms with E-state index in [-0.39, 0.29) is 35.9 Å². The Morgan fingerprint density at radius 3 is 2.58 bits per heavy atom. The zero-order valence-corrected chi connectivity index (χ0v) is 19.0. The highest BCUT2D eigenvalue weighted by Crippen LogP contribution is 2.15. The molecule has 2 N–H and O–H groups in total. The van der Waals surface area contributed by atoms with Crippen LogP contribution in [0.1, 0.15) is 26.7 Å². The molecule has 1 aromatic carbocycles. The maximum Gasteiger partial charge on any atom is 0.221 e. The average molecular weight is 497 g/mol. The van der Waals surface area contributed by atoms with Gasteiger partial charge in [0.1, 0.15) is 12.4 Å². The van der Waals surface area contributed by atoms with Crippen LogP contribution in [0.5, 0.6) is 5.75 Å². The number of nitrogens with one attached hydrogen (secondary N) is 2. The van der Waals surface area contributed by atoms with Crippen molar-refractivity contribution in [2.24, 2.45) is 4.99 Å². The summed E-state index contributed by atoms with van der Waals surface area (Å²) in [5.74, 6) is 1.56. The zero-order chi connectivity index (χ0) is 18.7. The molecule has 0 spiro atoms. The second-order valence-corrected chi connectivity index (χ2v) is 6.26. The fourth-order valence-corrected chi connectivity index (χ4v) is 2.18. The third-order valence-corrected chi connectivity index (χ3v) is 3.99. The maximum atomic E-state index is 11.8. The van der Waals surface area contributed by atoms with Gasteiger partial charge < -0.3 is 20.3 Å². The van der Waals surface area contributed by atoms with E-state index in [0.29, 0.717) is 31.1 Å². The summed E-state index contributed by atoms with van der Waals surface area (Å²) in [4.78, 5) is 18.0. The van der Waals surface area contributed by atoms with Crippen LogP contribution in [-0.2, 0) is 4.79 Å². The number of aliphatic imine (C=N–C) groups is 1. The third kappa shape index (κ3) is 10.1. The highest BCUT2D eigenvalue weighted by molar-refractivity contribution is 14.0. The Morgan fingerprint density at radius 1 is 1.35 bits per heavy atom. The predicted molar refractivity (Wildman–Crippen MR) is 119 cm³/mol. The van der Waals surface area contributed by atoms with E-state index in [2.05, 4.69) is 15.6 Å². The van der Waals surface area contributed by atoms with E-state index < -0.39 is 0 Å². The number of amides is 1. The molecule has 0 saturated carbocycles. The lowest BCUT2D eigenvalue weighted by atomic mass is 10.2. The van der Waals surface area contributed by atoms with Crippen molar-refractivity contribution in [2.75, 3.05) is 33.8 Å². The molecule has 1 unspecified atom stereocenters. The van der Waals surface area contributed by atoms with Crippen molar-refractivity contribution in [1.29, 1.82) is 0 Å². The fraction of sp³-hybridized carbons (Fsp3) is 0.556. The van der Waals surface area contributed by atoms with Crippen LogP contribution in [0.15, 0.2) is 29.3 Å². The molecule has 0 radical (unpaired) electrons. The molecule has 1 atom stereocenters. The fourth-order valence-electron chi connectivity index (χ4n) is 2.06. The van der Waals surface area contributed by atoms with Gasteiger partial charge in [0.15, 0.2) is 5.96 Å². The molecule has 0 bridgehead atoms. The molecule has 8 heteroatoms. The van der Waals surface area contributed by atoms with Gasteiger partial charge in [-0.15, -0.1) is 24.0 Å². The molecule has 0 aromatic heterocycles. The van der Waals surface area contributed by atoms with Crippen LogP contribution >= 0.6 is 35.6 Å². The van der Waals surface area contributed by atoms with Gasteiger partial charge in [0.2, 0.25) is 5.91 Å². The quantitative estimate of drug-likeness (QED) is 0.313. The summed E-state index contributed by atoms with van der Waals surface area (Å²) in [5, 5.41) is 6.82. The minimum absolute atomic E-state index is 0. The van der Waals surface area contributed by atoms with Crippen LogP contribution in [-0.4, -0.2) is 56.6 Å². The monoisotopic (exact) mass is 496 g/mol.